The molecule has 1 saturated heterocycles. The first kappa shape index (κ1) is 11.7. The first-order valence-electron chi connectivity index (χ1n) is 6.80. The molecule has 2 heterocycles. The third-order valence-corrected chi connectivity index (χ3v) is 3.84. The maximum absolute atomic E-state index is 13.3. The van der Waals surface area contributed by atoms with Crippen molar-refractivity contribution in [2.45, 2.75) is 25.8 Å². The molecule has 0 amide bonds. The summed E-state index contributed by atoms with van der Waals surface area (Å²) < 4.78 is 15.4. The van der Waals surface area contributed by atoms with E-state index in [0.717, 1.165) is 24.0 Å². The number of piperidine rings is 1. The van der Waals surface area contributed by atoms with Crippen molar-refractivity contribution in [2.24, 2.45) is 0 Å². The van der Waals surface area contributed by atoms with Crippen molar-refractivity contribution >= 4 is 10.9 Å². The fourth-order valence-electron chi connectivity index (χ4n) is 2.78. The van der Waals surface area contributed by atoms with Crippen LogP contribution in [-0.4, -0.2) is 29.1 Å². The Bertz CT molecular complexity index is 526. The Balaban J connectivity index is 1.72. The minimum Gasteiger partial charge on any atom is -0.346 e. The predicted octanol–water partition coefficient (Wildman–Crippen LogP) is 3.27. The summed E-state index contributed by atoms with van der Waals surface area (Å²) in [4.78, 5) is 2.51. The standard InChI is InChI=1S/C15H19FN2/c16-14-5-4-13-6-9-18(15(13)12-14)11-10-17-7-2-1-3-8-17/h4-6,9,12H,1-3,7-8,10-11H2. The molecule has 3 heteroatoms. The van der Waals surface area contributed by atoms with Crippen LogP contribution in [0.15, 0.2) is 30.5 Å². The second-order valence-electron chi connectivity index (χ2n) is 5.11. The molecule has 1 aliphatic heterocycles. The fourth-order valence-corrected chi connectivity index (χ4v) is 2.78. The Morgan fingerprint density at radius 2 is 1.83 bits per heavy atom. The molecule has 0 atom stereocenters. The molecule has 0 N–H and O–H groups in total. The van der Waals surface area contributed by atoms with Crippen LogP contribution in [0.4, 0.5) is 4.39 Å². The summed E-state index contributed by atoms with van der Waals surface area (Å²) >= 11 is 0. The van der Waals surface area contributed by atoms with E-state index in [-0.39, 0.29) is 5.82 Å². The van der Waals surface area contributed by atoms with Crippen LogP contribution in [-0.2, 0) is 6.54 Å². The minimum absolute atomic E-state index is 0.152. The Labute approximate surface area is 107 Å². The topological polar surface area (TPSA) is 8.17 Å². The number of hydrogen-bond acceptors (Lipinski definition) is 1. The highest BCUT2D eigenvalue weighted by atomic mass is 19.1. The zero-order chi connectivity index (χ0) is 12.4. The molecular formula is C15H19FN2. The van der Waals surface area contributed by atoms with Crippen LogP contribution < -0.4 is 0 Å². The van der Waals surface area contributed by atoms with Crippen LogP contribution in [0, 0.1) is 5.82 Å². The molecule has 0 radical (unpaired) electrons. The van der Waals surface area contributed by atoms with Crippen molar-refractivity contribution in [3.05, 3.63) is 36.3 Å². The largest absolute Gasteiger partial charge is 0.346 e. The van der Waals surface area contributed by atoms with E-state index >= 15 is 0 Å². The first-order valence-corrected chi connectivity index (χ1v) is 6.80. The predicted molar refractivity (Wildman–Crippen MR) is 72.2 cm³/mol. The van der Waals surface area contributed by atoms with Gasteiger partial charge < -0.3 is 9.47 Å². The molecule has 2 aromatic rings. The number of hydrogen-bond donors (Lipinski definition) is 0. The molecule has 96 valence electrons. The van der Waals surface area contributed by atoms with Crippen molar-refractivity contribution < 1.29 is 4.39 Å². The van der Waals surface area contributed by atoms with Gasteiger partial charge in [0.25, 0.3) is 0 Å². The summed E-state index contributed by atoms with van der Waals surface area (Å²) in [6.45, 7) is 4.45. The molecule has 2 nitrogen and oxygen atoms in total. The number of nitrogens with zero attached hydrogens (tertiary/aromatic N) is 2. The molecule has 3 rings (SSSR count). The summed E-state index contributed by atoms with van der Waals surface area (Å²) in [5.74, 6) is -0.152. The normalized spacial score (nSPS) is 17.4. The van der Waals surface area contributed by atoms with Gasteiger partial charge in [0.05, 0.1) is 5.52 Å². The van der Waals surface area contributed by atoms with E-state index in [1.807, 2.05) is 6.07 Å². The Morgan fingerprint density at radius 3 is 2.67 bits per heavy atom. The van der Waals surface area contributed by atoms with Crippen molar-refractivity contribution in [2.75, 3.05) is 19.6 Å². The highest BCUT2D eigenvalue weighted by Gasteiger charge is 2.10. The highest BCUT2D eigenvalue weighted by molar-refractivity contribution is 5.80. The van der Waals surface area contributed by atoms with E-state index in [1.54, 1.807) is 6.07 Å². The third kappa shape index (κ3) is 2.41. The quantitative estimate of drug-likeness (QED) is 0.807. The Kier molecular flexibility index (Phi) is 3.33. The minimum atomic E-state index is -0.152. The molecule has 0 aliphatic carbocycles. The van der Waals surface area contributed by atoms with E-state index in [4.69, 9.17) is 0 Å². The molecule has 18 heavy (non-hydrogen) atoms. The van der Waals surface area contributed by atoms with Gasteiger partial charge in [-0.15, -0.1) is 0 Å². The molecule has 0 spiro atoms. The van der Waals surface area contributed by atoms with Crippen LogP contribution in [0.2, 0.25) is 0 Å². The number of aromatic nitrogens is 1. The zero-order valence-corrected chi connectivity index (χ0v) is 10.6. The molecule has 0 saturated carbocycles. The number of rotatable bonds is 3. The average molecular weight is 246 g/mol. The van der Waals surface area contributed by atoms with Crippen molar-refractivity contribution in [1.82, 2.24) is 9.47 Å². The molecule has 0 bridgehead atoms. The van der Waals surface area contributed by atoms with Crippen LogP contribution in [0.5, 0.6) is 0 Å². The van der Waals surface area contributed by atoms with Crippen LogP contribution in [0.1, 0.15) is 19.3 Å². The lowest BCUT2D eigenvalue weighted by Gasteiger charge is -2.26. The van der Waals surface area contributed by atoms with Crippen molar-refractivity contribution in [3.8, 4) is 0 Å². The van der Waals surface area contributed by atoms with Crippen LogP contribution in [0.25, 0.3) is 10.9 Å². The molecule has 1 fully saturated rings. The van der Waals surface area contributed by atoms with Gasteiger partial charge in [-0.2, -0.15) is 0 Å². The number of fused-ring (bicyclic) bond motifs is 1. The van der Waals surface area contributed by atoms with Gasteiger partial charge >= 0.3 is 0 Å². The van der Waals surface area contributed by atoms with Crippen LogP contribution >= 0.6 is 0 Å². The monoisotopic (exact) mass is 246 g/mol. The van der Waals surface area contributed by atoms with Gasteiger partial charge in [-0.25, -0.2) is 4.39 Å². The van der Waals surface area contributed by atoms with E-state index in [2.05, 4.69) is 21.7 Å². The van der Waals surface area contributed by atoms with Gasteiger partial charge in [-0.05, 0) is 55.6 Å². The Morgan fingerprint density at radius 1 is 1.00 bits per heavy atom. The average Bonchev–Trinajstić information content (AvgIpc) is 2.80. The summed E-state index contributed by atoms with van der Waals surface area (Å²) in [7, 11) is 0. The number of benzene rings is 1. The summed E-state index contributed by atoms with van der Waals surface area (Å²) in [5.41, 5.74) is 1.01. The van der Waals surface area contributed by atoms with E-state index in [1.165, 1.54) is 38.4 Å². The van der Waals surface area contributed by atoms with Crippen molar-refractivity contribution in [3.63, 3.8) is 0 Å². The smallest absolute Gasteiger partial charge is 0.125 e. The summed E-state index contributed by atoms with van der Waals surface area (Å²) in [6, 6.07) is 7.07. The lowest BCUT2D eigenvalue weighted by atomic mass is 10.1. The molecule has 0 unspecified atom stereocenters. The van der Waals surface area contributed by atoms with Crippen LogP contribution in [0.3, 0.4) is 0 Å². The lowest BCUT2D eigenvalue weighted by Crippen LogP contribution is -2.32. The Hall–Kier alpha value is -1.35. The fraction of sp³-hybridized carbons (Fsp3) is 0.467. The van der Waals surface area contributed by atoms with Gasteiger partial charge in [-0.1, -0.05) is 6.42 Å². The number of halogens is 1. The van der Waals surface area contributed by atoms with Gasteiger partial charge in [0.1, 0.15) is 5.82 Å². The summed E-state index contributed by atoms with van der Waals surface area (Å²) in [5, 5.41) is 1.12. The van der Waals surface area contributed by atoms with Gasteiger partial charge in [0.2, 0.25) is 0 Å². The van der Waals surface area contributed by atoms with E-state index < -0.39 is 0 Å². The lowest BCUT2D eigenvalue weighted by molar-refractivity contribution is 0.221. The molecule has 1 aromatic heterocycles. The highest BCUT2D eigenvalue weighted by Crippen LogP contribution is 2.17. The van der Waals surface area contributed by atoms with E-state index in [9.17, 15) is 4.39 Å². The zero-order valence-electron chi connectivity index (χ0n) is 10.6. The van der Waals surface area contributed by atoms with Gasteiger partial charge in [-0.3, -0.25) is 0 Å². The molecule has 1 aromatic carbocycles. The molecule has 1 aliphatic rings. The van der Waals surface area contributed by atoms with Gasteiger partial charge in [0, 0.05) is 19.3 Å². The SMILES string of the molecule is Fc1ccc2ccn(CCN3CCCCC3)c2c1. The second kappa shape index (κ2) is 5.11. The van der Waals surface area contributed by atoms with Gasteiger partial charge in [0.15, 0.2) is 0 Å². The number of likely N-dealkylation sites (tertiary alicyclic amines) is 1. The first-order chi connectivity index (χ1) is 8.83. The maximum Gasteiger partial charge on any atom is 0.125 e. The maximum atomic E-state index is 13.3. The summed E-state index contributed by atoms with van der Waals surface area (Å²) in [6.07, 6.45) is 6.07. The molecular weight excluding hydrogens is 227 g/mol. The van der Waals surface area contributed by atoms with E-state index in [0.29, 0.717) is 0 Å². The second-order valence-corrected chi connectivity index (χ2v) is 5.11. The third-order valence-electron chi connectivity index (χ3n) is 3.84. The van der Waals surface area contributed by atoms with Crippen molar-refractivity contribution in [1.29, 1.82) is 0 Å².